The Morgan fingerprint density at radius 2 is 2.00 bits per heavy atom. The van der Waals surface area contributed by atoms with E-state index >= 15 is 0 Å². The van der Waals surface area contributed by atoms with Gasteiger partial charge in [-0.05, 0) is 30.9 Å². The summed E-state index contributed by atoms with van der Waals surface area (Å²) in [7, 11) is 0. The van der Waals surface area contributed by atoms with Gasteiger partial charge < -0.3 is 15.7 Å². The Bertz CT molecular complexity index is 683. The van der Waals surface area contributed by atoms with Crippen LogP contribution >= 0.6 is 0 Å². The van der Waals surface area contributed by atoms with E-state index in [1.54, 1.807) is 12.4 Å². The molecule has 6 nitrogen and oxygen atoms in total. The van der Waals surface area contributed by atoms with Crippen molar-refractivity contribution in [2.75, 3.05) is 11.9 Å². The van der Waals surface area contributed by atoms with Gasteiger partial charge in [0, 0.05) is 12.5 Å². The maximum absolute atomic E-state index is 11.9. The molecule has 23 heavy (non-hydrogen) atoms. The molecule has 2 aromatic rings. The Hall–Kier alpha value is -2.47. The van der Waals surface area contributed by atoms with E-state index in [2.05, 4.69) is 20.6 Å². The molecule has 0 radical (unpaired) electrons. The number of hydrogen-bond donors (Lipinski definition) is 3. The van der Waals surface area contributed by atoms with Gasteiger partial charge >= 0.3 is 6.03 Å². The van der Waals surface area contributed by atoms with Crippen molar-refractivity contribution in [1.29, 1.82) is 0 Å². The minimum absolute atomic E-state index is 0.137. The molecule has 2 amide bonds. The number of hydrogen-bond acceptors (Lipinski definition) is 4. The average molecular weight is 312 g/mol. The zero-order valence-corrected chi connectivity index (χ0v) is 13.0. The number of benzene rings is 1. The van der Waals surface area contributed by atoms with Crippen molar-refractivity contribution in [3.8, 4) is 0 Å². The van der Waals surface area contributed by atoms with E-state index in [0.29, 0.717) is 11.6 Å². The van der Waals surface area contributed by atoms with E-state index in [1.165, 1.54) is 0 Å². The van der Waals surface area contributed by atoms with E-state index < -0.39 is 6.10 Å². The summed E-state index contributed by atoms with van der Waals surface area (Å²) in [5.74, 6) is 1.33. The highest BCUT2D eigenvalue weighted by Crippen LogP contribution is 2.37. The van der Waals surface area contributed by atoms with Crippen molar-refractivity contribution in [1.82, 2.24) is 15.3 Å². The zero-order valence-electron chi connectivity index (χ0n) is 13.0. The van der Waals surface area contributed by atoms with Crippen molar-refractivity contribution in [3.05, 3.63) is 53.6 Å². The highest BCUT2D eigenvalue weighted by Gasteiger charge is 2.26. The lowest BCUT2D eigenvalue weighted by molar-refractivity contribution is 0.174. The molecular weight excluding hydrogens is 292 g/mol. The van der Waals surface area contributed by atoms with Gasteiger partial charge in [-0.3, -0.25) is 0 Å². The maximum Gasteiger partial charge on any atom is 0.319 e. The van der Waals surface area contributed by atoms with E-state index in [4.69, 9.17) is 0 Å². The Labute approximate surface area is 135 Å². The van der Waals surface area contributed by atoms with Gasteiger partial charge in [-0.2, -0.15) is 0 Å². The third kappa shape index (κ3) is 4.04. The molecule has 0 bridgehead atoms. The molecule has 3 N–H and O–H groups in total. The smallest absolute Gasteiger partial charge is 0.319 e. The number of aliphatic hydroxyl groups excluding tert-OH is 1. The number of aromatic nitrogens is 2. The second-order valence-corrected chi connectivity index (χ2v) is 5.81. The summed E-state index contributed by atoms with van der Waals surface area (Å²) in [6.07, 6.45) is 4.76. The van der Waals surface area contributed by atoms with Gasteiger partial charge in [0.05, 0.1) is 24.2 Å². The van der Waals surface area contributed by atoms with Crippen LogP contribution in [0.5, 0.6) is 0 Å². The number of carbonyl (C=O) groups excluding carboxylic acids is 1. The number of anilines is 1. The van der Waals surface area contributed by atoms with Crippen molar-refractivity contribution in [2.24, 2.45) is 0 Å². The fourth-order valence-electron chi connectivity index (χ4n) is 2.39. The summed E-state index contributed by atoms with van der Waals surface area (Å²) in [5.41, 5.74) is 2.34. The van der Waals surface area contributed by atoms with Crippen LogP contribution < -0.4 is 10.6 Å². The lowest BCUT2D eigenvalue weighted by atomic mass is 10.0. The minimum atomic E-state index is -0.740. The van der Waals surface area contributed by atoms with Crippen LogP contribution in [0.1, 0.15) is 41.8 Å². The third-order valence-electron chi connectivity index (χ3n) is 3.88. The van der Waals surface area contributed by atoms with E-state index in [1.807, 2.05) is 31.2 Å². The number of amides is 2. The summed E-state index contributed by atoms with van der Waals surface area (Å²) < 4.78 is 0. The fourth-order valence-corrected chi connectivity index (χ4v) is 2.39. The normalized spacial score (nSPS) is 15.0. The summed E-state index contributed by atoms with van der Waals surface area (Å²) in [4.78, 5) is 20.4. The third-order valence-corrected chi connectivity index (χ3v) is 3.88. The van der Waals surface area contributed by atoms with Crippen molar-refractivity contribution in [2.45, 2.75) is 31.8 Å². The molecule has 1 aromatic heterocycles. The van der Waals surface area contributed by atoms with Crippen LogP contribution in [-0.4, -0.2) is 27.7 Å². The molecule has 3 rings (SSSR count). The number of carbonyl (C=O) groups is 1. The Morgan fingerprint density at radius 1 is 1.30 bits per heavy atom. The summed E-state index contributed by atoms with van der Waals surface area (Å²) in [6.45, 7) is 2.06. The van der Waals surface area contributed by atoms with Crippen LogP contribution in [0.2, 0.25) is 0 Å². The number of urea groups is 1. The second-order valence-electron chi connectivity index (χ2n) is 5.81. The van der Waals surface area contributed by atoms with Crippen LogP contribution in [0.3, 0.4) is 0 Å². The van der Waals surface area contributed by atoms with Crippen molar-refractivity contribution < 1.29 is 9.90 Å². The standard InChI is InChI=1S/C17H20N4O2/c1-11-4-2-3-5-14(11)15(22)10-20-17(23)21-13-8-18-16(19-9-13)12-6-7-12/h2-5,8-9,12,15,22H,6-7,10H2,1H3,(H2,20,21,23). The van der Waals surface area contributed by atoms with Gasteiger partial charge in [-0.1, -0.05) is 24.3 Å². The van der Waals surface area contributed by atoms with Crippen molar-refractivity contribution in [3.63, 3.8) is 0 Å². The van der Waals surface area contributed by atoms with E-state index in [-0.39, 0.29) is 12.6 Å². The molecule has 0 spiro atoms. The van der Waals surface area contributed by atoms with E-state index in [0.717, 1.165) is 29.8 Å². The molecule has 1 atom stereocenters. The first-order valence-corrected chi connectivity index (χ1v) is 7.74. The minimum Gasteiger partial charge on any atom is -0.387 e. The molecule has 1 fully saturated rings. The van der Waals surface area contributed by atoms with Gasteiger partial charge in [0.15, 0.2) is 0 Å². The number of nitrogens with zero attached hydrogens (tertiary/aromatic N) is 2. The SMILES string of the molecule is Cc1ccccc1C(O)CNC(=O)Nc1cnc(C2CC2)nc1. The number of aryl methyl sites for hydroxylation is 1. The quantitative estimate of drug-likeness (QED) is 0.791. The Morgan fingerprint density at radius 3 is 2.65 bits per heavy atom. The predicted molar refractivity (Wildman–Crippen MR) is 87.2 cm³/mol. The molecule has 1 aliphatic rings. The van der Waals surface area contributed by atoms with Crippen LogP contribution in [0.25, 0.3) is 0 Å². The highest BCUT2D eigenvalue weighted by molar-refractivity contribution is 5.88. The van der Waals surface area contributed by atoms with Gasteiger partial charge in [-0.25, -0.2) is 14.8 Å². The topological polar surface area (TPSA) is 87.1 Å². The Balaban J connectivity index is 1.50. The first-order valence-electron chi connectivity index (χ1n) is 7.74. The first-order chi connectivity index (χ1) is 11.1. The van der Waals surface area contributed by atoms with Crippen LogP contribution in [0.15, 0.2) is 36.7 Å². The molecule has 0 aliphatic heterocycles. The fraction of sp³-hybridized carbons (Fsp3) is 0.353. The molecule has 1 unspecified atom stereocenters. The van der Waals surface area contributed by atoms with Crippen LogP contribution in [-0.2, 0) is 0 Å². The predicted octanol–water partition coefficient (Wildman–Crippen LogP) is 2.52. The monoisotopic (exact) mass is 312 g/mol. The highest BCUT2D eigenvalue weighted by atomic mass is 16.3. The second kappa shape index (κ2) is 6.75. The van der Waals surface area contributed by atoms with Crippen LogP contribution in [0, 0.1) is 6.92 Å². The van der Waals surface area contributed by atoms with E-state index in [9.17, 15) is 9.90 Å². The van der Waals surface area contributed by atoms with Gasteiger partial charge in [0.1, 0.15) is 5.82 Å². The zero-order chi connectivity index (χ0) is 16.2. The number of nitrogens with one attached hydrogen (secondary N) is 2. The van der Waals surface area contributed by atoms with Gasteiger partial charge in [0.2, 0.25) is 0 Å². The largest absolute Gasteiger partial charge is 0.387 e. The van der Waals surface area contributed by atoms with Gasteiger partial charge in [0.25, 0.3) is 0 Å². The molecule has 6 heteroatoms. The summed E-state index contributed by atoms with van der Waals surface area (Å²) >= 11 is 0. The van der Waals surface area contributed by atoms with Gasteiger partial charge in [-0.15, -0.1) is 0 Å². The number of aliphatic hydroxyl groups is 1. The number of rotatable bonds is 5. The molecule has 1 saturated carbocycles. The maximum atomic E-state index is 11.9. The molecular formula is C17H20N4O2. The lowest BCUT2D eigenvalue weighted by Crippen LogP contribution is -2.32. The lowest BCUT2D eigenvalue weighted by Gasteiger charge is -2.14. The average Bonchev–Trinajstić information content (AvgIpc) is 3.39. The summed E-state index contributed by atoms with van der Waals surface area (Å²) in [5, 5.41) is 15.5. The first kappa shape index (κ1) is 15.4. The molecule has 1 heterocycles. The molecule has 1 aliphatic carbocycles. The Kier molecular flexibility index (Phi) is 4.52. The van der Waals surface area contributed by atoms with Crippen molar-refractivity contribution >= 4 is 11.7 Å². The molecule has 1 aromatic carbocycles. The molecule has 120 valence electrons. The molecule has 0 saturated heterocycles. The summed E-state index contributed by atoms with van der Waals surface area (Å²) in [6, 6.07) is 7.17. The van der Waals surface area contributed by atoms with Crippen LogP contribution in [0.4, 0.5) is 10.5 Å².